The highest BCUT2D eigenvalue weighted by Gasteiger charge is 2.40. The van der Waals surface area contributed by atoms with E-state index in [-0.39, 0.29) is 23.4 Å². The van der Waals surface area contributed by atoms with Crippen molar-refractivity contribution < 1.29 is 4.79 Å². The highest BCUT2D eigenvalue weighted by molar-refractivity contribution is 5.80. The molecule has 0 heterocycles. The van der Waals surface area contributed by atoms with Crippen LogP contribution in [-0.2, 0) is 4.79 Å². The molecule has 110 valence electrons. The first-order chi connectivity index (χ1) is 8.93. The maximum Gasteiger partial charge on any atom is 0.226 e. The van der Waals surface area contributed by atoms with E-state index in [1.54, 1.807) is 0 Å². The van der Waals surface area contributed by atoms with E-state index in [0.29, 0.717) is 5.91 Å². The van der Waals surface area contributed by atoms with Gasteiger partial charge in [-0.25, -0.2) is 0 Å². The van der Waals surface area contributed by atoms with E-state index >= 15 is 0 Å². The predicted octanol–water partition coefficient (Wildman–Crippen LogP) is 2.93. The lowest BCUT2D eigenvalue weighted by Gasteiger charge is -2.43. The first-order valence-corrected chi connectivity index (χ1v) is 7.96. The van der Waals surface area contributed by atoms with Gasteiger partial charge in [-0.1, -0.05) is 39.5 Å². The topological polar surface area (TPSA) is 46.3 Å². The Bertz CT molecular complexity index is 327. The minimum Gasteiger partial charge on any atom is -0.341 e. The average Bonchev–Trinajstić information content (AvgIpc) is 2.37. The quantitative estimate of drug-likeness (QED) is 0.835. The Morgan fingerprint density at radius 3 is 2.37 bits per heavy atom. The molecule has 2 fully saturated rings. The smallest absolute Gasteiger partial charge is 0.226 e. The van der Waals surface area contributed by atoms with Gasteiger partial charge < -0.3 is 10.6 Å². The van der Waals surface area contributed by atoms with E-state index in [4.69, 9.17) is 5.73 Å². The molecule has 3 heteroatoms. The van der Waals surface area contributed by atoms with Crippen molar-refractivity contribution in [1.29, 1.82) is 0 Å². The van der Waals surface area contributed by atoms with E-state index in [0.717, 1.165) is 19.3 Å². The first-order valence-electron chi connectivity index (χ1n) is 7.96. The summed E-state index contributed by atoms with van der Waals surface area (Å²) in [6, 6.07) is 0.438. The highest BCUT2D eigenvalue weighted by atomic mass is 16.2. The fourth-order valence-corrected chi connectivity index (χ4v) is 3.98. The Morgan fingerprint density at radius 2 is 1.74 bits per heavy atom. The Kier molecular flexibility index (Phi) is 4.54. The van der Waals surface area contributed by atoms with Crippen LogP contribution in [0.3, 0.4) is 0 Å². The minimum absolute atomic E-state index is 0.155. The van der Waals surface area contributed by atoms with Crippen LogP contribution >= 0.6 is 0 Å². The van der Waals surface area contributed by atoms with Crippen LogP contribution in [-0.4, -0.2) is 29.9 Å². The molecule has 0 bridgehead atoms. The van der Waals surface area contributed by atoms with Crippen LogP contribution in [0.4, 0.5) is 0 Å². The third kappa shape index (κ3) is 3.13. The van der Waals surface area contributed by atoms with Crippen molar-refractivity contribution in [2.24, 2.45) is 17.1 Å². The van der Waals surface area contributed by atoms with Crippen molar-refractivity contribution in [3.8, 4) is 0 Å². The molecule has 2 aliphatic carbocycles. The monoisotopic (exact) mass is 266 g/mol. The van der Waals surface area contributed by atoms with E-state index < -0.39 is 0 Å². The van der Waals surface area contributed by atoms with Crippen molar-refractivity contribution in [3.05, 3.63) is 0 Å². The van der Waals surface area contributed by atoms with E-state index in [2.05, 4.69) is 13.8 Å². The maximum absolute atomic E-state index is 12.8. The summed E-state index contributed by atoms with van der Waals surface area (Å²) in [7, 11) is 1.98. The molecule has 0 aliphatic heterocycles. The van der Waals surface area contributed by atoms with Gasteiger partial charge in [0.05, 0.1) is 0 Å². The molecule has 2 N–H and O–H groups in total. The number of amides is 1. The number of carbonyl (C=O) groups excluding carboxylic acids is 1. The van der Waals surface area contributed by atoms with Gasteiger partial charge in [0.1, 0.15) is 0 Å². The SMILES string of the molecule is CN(C(=O)C1CCCCC1(C)C)C1CCCCC1N. The van der Waals surface area contributed by atoms with E-state index in [1.807, 2.05) is 11.9 Å². The highest BCUT2D eigenvalue weighted by Crippen LogP contribution is 2.41. The Morgan fingerprint density at radius 1 is 1.11 bits per heavy atom. The zero-order chi connectivity index (χ0) is 14.0. The second-order valence-electron chi connectivity index (χ2n) is 7.25. The van der Waals surface area contributed by atoms with Gasteiger partial charge in [0.2, 0.25) is 5.91 Å². The van der Waals surface area contributed by atoms with Crippen LogP contribution in [0.5, 0.6) is 0 Å². The fraction of sp³-hybridized carbons (Fsp3) is 0.938. The molecular formula is C16H30N2O. The second-order valence-corrected chi connectivity index (χ2v) is 7.25. The molecule has 0 aromatic rings. The molecule has 19 heavy (non-hydrogen) atoms. The summed E-state index contributed by atoms with van der Waals surface area (Å²) < 4.78 is 0. The van der Waals surface area contributed by atoms with Gasteiger partial charge in [-0.05, 0) is 31.1 Å². The Hall–Kier alpha value is -0.570. The number of hydrogen-bond donors (Lipinski definition) is 1. The van der Waals surface area contributed by atoms with Gasteiger partial charge >= 0.3 is 0 Å². The van der Waals surface area contributed by atoms with Crippen molar-refractivity contribution in [3.63, 3.8) is 0 Å². The number of nitrogens with zero attached hydrogens (tertiary/aromatic N) is 1. The molecule has 0 spiro atoms. The molecule has 3 unspecified atom stereocenters. The molecule has 0 aromatic carbocycles. The molecule has 3 atom stereocenters. The number of likely N-dealkylation sites (N-methyl/N-ethyl adjacent to an activating group) is 1. The Balaban J connectivity index is 2.05. The summed E-state index contributed by atoms with van der Waals surface area (Å²) in [6.07, 6.45) is 9.27. The predicted molar refractivity (Wildman–Crippen MR) is 78.7 cm³/mol. The maximum atomic E-state index is 12.8. The summed E-state index contributed by atoms with van der Waals surface area (Å²) in [5.41, 5.74) is 6.38. The van der Waals surface area contributed by atoms with Gasteiger partial charge in [-0.2, -0.15) is 0 Å². The fourth-order valence-electron chi connectivity index (χ4n) is 3.98. The number of hydrogen-bond acceptors (Lipinski definition) is 2. The first kappa shape index (κ1) is 14.8. The normalized spacial score (nSPS) is 34.8. The lowest BCUT2D eigenvalue weighted by atomic mass is 9.68. The van der Waals surface area contributed by atoms with Crippen LogP contribution in [0.15, 0.2) is 0 Å². The molecule has 2 rings (SSSR count). The standard InChI is InChI=1S/C16H30N2O/c1-16(2)11-7-6-8-12(16)15(19)18(3)14-10-5-4-9-13(14)17/h12-14H,4-11,17H2,1-3H3. The molecule has 0 radical (unpaired) electrons. The molecule has 1 amide bonds. The van der Waals surface area contributed by atoms with Gasteiger partial charge in [0, 0.05) is 25.0 Å². The molecule has 0 aromatic heterocycles. The lowest BCUT2D eigenvalue weighted by Crippen LogP contribution is -2.53. The number of nitrogens with two attached hydrogens (primary N) is 1. The second kappa shape index (κ2) is 5.82. The summed E-state index contributed by atoms with van der Waals surface area (Å²) in [5, 5.41) is 0. The largest absolute Gasteiger partial charge is 0.341 e. The lowest BCUT2D eigenvalue weighted by molar-refractivity contribution is -0.143. The molecular weight excluding hydrogens is 236 g/mol. The summed E-state index contributed by atoms with van der Waals surface area (Å²) >= 11 is 0. The zero-order valence-corrected chi connectivity index (χ0v) is 12.8. The van der Waals surface area contributed by atoms with Crippen molar-refractivity contribution in [1.82, 2.24) is 4.90 Å². The summed E-state index contributed by atoms with van der Waals surface area (Å²) in [6.45, 7) is 4.51. The van der Waals surface area contributed by atoms with Gasteiger partial charge in [0.15, 0.2) is 0 Å². The van der Waals surface area contributed by atoms with Crippen LogP contribution in [0.2, 0.25) is 0 Å². The van der Waals surface area contributed by atoms with Crippen LogP contribution < -0.4 is 5.73 Å². The molecule has 3 nitrogen and oxygen atoms in total. The van der Waals surface area contributed by atoms with Crippen LogP contribution in [0.1, 0.15) is 65.2 Å². The van der Waals surface area contributed by atoms with Gasteiger partial charge in [-0.3, -0.25) is 4.79 Å². The van der Waals surface area contributed by atoms with Crippen LogP contribution in [0, 0.1) is 11.3 Å². The summed E-state index contributed by atoms with van der Waals surface area (Å²) in [5.74, 6) is 0.535. The molecule has 0 saturated heterocycles. The average molecular weight is 266 g/mol. The van der Waals surface area contributed by atoms with Crippen molar-refractivity contribution in [2.45, 2.75) is 77.3 Å². The number of rotatable bonds is 2. The molecule has 2 aliphatic rings. The van der Waals surface area contributed by atoms with E-state index in [9.17, 15) is 4.79 Å². The third-order valence-corrected chi connectivity index (χ3v) is 5.43. The van der Waals surface area contributed by atoms with Crippen LogP contribution in [0.25, 0.3) is 0 Å². The number of carbonyl (C=O) groups is 1. The molecule has 2 saturated carbocycles. The van der Waals surface area contributed by atoms with Gasteiger partial charge in [-0.15, -0.1) is 0 Å². The van der Waals surface area contributed by atoms with Gasteiger partial charge in [0.25, 0.3) is 0 Å². The van der Waals surface area contributed by atoms with Crippen molar-refractivity contribution in [2.75, 3.05) is 7.05 Å². The van der Waals surface area contributed by atoms with E-state index in [1.165, 1.54) is 32.1 Å². The third-order valence-electron chi connectivity index (χ3n) is 5.43. The Labute approximate surface area is 117 Å². The minimum atomic E-state index is 0.155. The van der Waals surface area contributed by atoms with Crippen molar-refractivity contribution >= 4 is 5.91 Å². The zero-order valence-electron chi connectivity index (χ0n) is 12.8. The summed E-state index contributed by atoms with van der Waals surface area (Å²) in [4.78, 5) is 14.8.